The zero-order chi connectivity index (χ0) is 28.3. The summed E-state index contributed by atoms with van der Waals surface area (Å²) in [5.41, 5.74) is 1.52. The number of carbonyl (C=O) groups excluding carboxylic acids is 2. The van der Waals surface area contributed by atoms with Gasteiger partial charge in [-0.15, -0.1) is 0 Å². The van der Waals surface area contributed by atoms with E-state index in [4.69, 9.17) is 20.9 Å². The number of rotatable bonds is 4. The summed E-state index contributed by atoms with van der Waals surface area (Å²) in [6.45, 7) is 9.17. The van der Waals surface area contributed by atoms with Crippen LogP contribution in [-0.2, 0) is 34.1 Å². The molecular formula is C26H33BClN5O6. The standard InChI is InChI=1S/C26H33BClN5O6/c1-25(2)26(3,4)39-27(38-25)16-7-6-8-17(20(16)28)30-22(34)21-29-18-14-32(12-10-19(18)31(21)5)23(35)15-9-11-33(13-15)24(36)37/h6-8,15H,9-14H2,1-5H3,(H,30,34)(H,36,37)/t15-/m0/s1. The van der Waals surface area contributed by atoms with Crippen molar-refractivity contribution >= 4 is 47.8 Å². The number of benzene rings is 1. The van der Waals surface area contributed by atoms with Crippen LogP contribution in [0, 0.1) is 5.92 Å². The summed E-state index contributed by atoms with van der Waals surface area (Å²) < 4.78 is 14.0. The van der Waals surface area contributed by atoms with Crippen molar-refractivity contribution in [3.05, 3.63) is 40.4 Å². The Morgan fingerprint density at radius 1 is 1.13 bits per heavy atom. The second-order valence-electron chi connectivity index (χ2n) is 11.4. The van der Waals surface area contributed by atoms with Gasteiger partial charge < -0.3 is 34.1 Å². The molecule has 2 N–H and O–H groups in total. The van der Waals surface area contributed by atoms with Crippen LogP contribution >= 0.6 is 11.6 Å². The van der Waals surface area contributed by atoms with E-state index in [1.165, 1.54) is 4.90 Å². The number of aromatic nitrogens is 2. The first-order valence-corrected chi connectivity index (χ1v) is 13.4. The highest BCUT2D eigenvalue weighted by atomic mass is 35.5. The summed E-state index contributed by atoms with van der Waals surface area (Å²) >= 11 is 6.71. The van der Waals surface area contributed by atoms with Crippen LogP contribution in [-0.4, -0.2) is 80.3 Å². The molecule has 0 aliphatic carbocycles. The molecule has 13 heteroatoms. The number of hydrogen-bond acceptors (Lipinski definition) is 6. The molecule has 1 atom stereocenters. The summed E-state index contributed by atoms with van der Waals surface area (Å²) in [5, 5.41) is 12.4. The van der Waals surface area contributed by atoms with Crippen LogP contribution in [0.15, 0.2) is 18.2 Å². The number of nitrogens with zero attached hydrogens (tertiary/aromatic N) is 4. The quantitative estimate of drug-likeness (QED) is 0.553. The van der Waals surface area contributed by atoms with Gasteiger partial charge in [-0.1, -0.05) is 23.7 Å². The van der Waals surface area contributed by atoms with Gasteiger partial charge >= 0.3 is 13.2 Å². The van der Waals surface area contributed by atoms with Gasteiger partial charge in [0.1, 0.15) is 0 Å². The fourth-order valence-corrected chi connectivity index (χ4v) is 5.55. The van der Waals surface area contributed by atoms with Gasteiger partial charge in [0.2, 0.25) is 5.91 Å². The molecule has 1 aromatic carbocycles. The van der Waals surface area contributed by atoms with Gasteiger partial charge in [0.25, 0.3) is 5.91 Å². The number of anilines is 1. The molecule has 39 heavy (non-hydrogen) atoms. The Morgan fingerprint density at radius 3 is 2.46 bits per heavy atom. The van der Waals surface area contributed by atoms with Crippen molar-refractivity contribution in [2.75, 3.05) is 25.0 Å². The van der Waals surface area contributed by atoms with Crippen molar-refractivity contribution in [2.45, 2.75) is 58.3 Å². The lowest BCUT2D eigenvalue weighted by Crippen LogP contribution is -2.41. The van der Waals surface area contributed by atoms with Crippen LogP contribution in [0.2, 0.25) is 5.02 Å². The molecular weight excluding hydrogens is 525 g/mol. The fraction of sp³-hybridized carbons (Fsp3) is 0.538. The summed E-state index contributed by atoms with van der Waals surface area (Å²) in [6, 6.07) is 5.30. The van der Waals surface area contributed by atoms with Crippen molar-refractivity contribution < 1.29 is 28.8 Å². The van der Waals surface area contributed by atoms with E-state index in [0.29, 0.717) is 47.8 Å². The number of amides is 3. The number of hydrogen-bond donors (Lipinski definition) is 2. The van der Waals surface area contributed by atoms with Gasteiger partial charge in [0.15, 0.2) is 5.82 Å². The number of fused-ring (bicyclic) bond motifs is 1. The van der Waals surface area contributed by atoms with E-state index in [1.807, 2.05) is 33.8 Å². The SMILES string of the molecule is Cn1c(C(=O)Nc2cccc(B3OC(C)(C)C(C)(C)O3)c2Cl)nc2c1CCN(C(=O)[C@H]1CCN(C(=O)O)C1)C2. The summed E-state index contributed by atoms with van der Waals surface area (Å²) in [7, 11) is 1.10. The fourth-order valence-electron chi connectivity index (χ4n) is 5.29. The second kappa shape index (κ2) is 9.83. The Bertz CT molecular complexity index is 1330. The van der Waals surface area contributed by atoms with Crippen LogP contribution in [0.3, 0.4) is 0 Å². The van der Waals surface area contributed by atoms with E-state index in [2.05, 4.69) is 10.3 Å². The maximum absolute atomic E-state index is 13.3. The summed E-state index contributed by atoms with van der Waals surface area (Å²) in [6.07, 6.45) is 0.0508. The molecule has 2 fully saturated rings. The normalized spacial score (nSPS) is 21.7. The average Bonchev–Trinajstić information content (AvgIpc) is 3.54. The Labute approximate surface area is 232 Å². The van der Waals surface area contributed by atoms with Crippen LogP contribution < -0.4 is 10.8 Å². The molecule has 0 radical (unpaired) electrons. The Balaban J connectivity index is 1.30. The van der Waals surface area contributed by atoms with Gasteiger partial charge in [-0.25, -0.2) is 9.78 Å². The Hall–Kier alpha value is -3.09. The highest BCUT2D eigenvalue weighted by molar-refractivity contribution is 6.66. The molecule has 208 valence electrons. The average molecular weight is 558 g/mol. The van der Waals surface area contributed by atoms with Crippen molar-refractivity contribution in [2.24, 2.45) is 13.0 Å². The molecule has 1 aromatic heterocycles. The number of carbonyl (C=O) groups is 3. The van der Waals surface area contributed by atoms with E-state index in [-0.39, 0.29) is 30.7 Å². The largest absolute Gasteiger partial charge is 0.496 e. The predicted molar refractivity (Wildman–Crippen MR) is 145 cm³/mol. The summed E-state index contributed by atoms with van der Waals surface area (Å²) in [4.78, 5) is 45.2. The molecule has 5 rings (SSSR count). The molecule has 3 aliphatic rings. The maximum atomic E-state index is 13.3. The van der Waals surface area contributed by atoms with Crippen molar-refractivity contribution in [1.29, 1.82) is 0 Å². The van der Waals surface area contributed by atoms with Gasteiger partial charge in [-0.3, -0.25) is 9.59 Å². The lowest BCUT2D eigenvalue weighted by molar-refractivity contribution is -0.136. The highest BCUT2D eigenvalue weighted by Gasteiger charge is 2.52. The molecule has 0 saturated carbocycles. The van der Waals surface area contributed by atoms with Crippen LogP contribution in [0.4, 0.5) is 10.5 Å². The molecule has 4 heterocycles. The van der Waals surface area contributed by atoms with Crippen molar-refractivity contribution in [3.63, 3.8) is 0 Å². The van der Waals surface area contributed by atoms with Gasteiger partial charge in [0, 0.05) is 44.3 Å². The van der Waals surface area contributed by atoms with Gasteiger partial charge in [-0.05, 0) is 40.2 Å². The van der Waals surface area contributed by atoms with E-state index in [9.17, 15) is 19.5 Å². The minimum Gasteiger partial charge on any atom is -0.465 e. The molecule has 2 saturated heterocycles. The first-order valence-electron chi connectivity index (χ1n) is 13.1. The molecule has 0 spiro atoms. The maximum Gasteiger partial charge on any atom is 0.496 e. The molecule has 2 aromatic rings. The smallest absolute Gasteiger partial charge is 0.465 e. The van der Waals surface area contributed by atoms with E-state index in [1.54, 1.807) is 28.6 Å². The van der Waals surface area contributed by atoms with Crippen LogP contribution in [0.1, 0.15) is 56.1 Å². The first-order chi connectivity index (χ1) is 18.3. The number of halogens is 1. The monoisotopic (exact) mass is 557 g/mol. The van der Waals surface area contributed by atoms with Crippen LogP contribution in [0.25, 0.3) is 0 Å². The molecule has 0 bridgehead atoms. The van der Waals surface area contributed by atoms with Crippen molar-refractivity contribution in [3.8, 4) is 0 Å². The zero-order valence-electron chi connectivity index (χ0n) is 22.8. The topological polar surface area (TPSA) is 126 Å². The lowest BCUT2D eigenvalue weighted by atomic mass is 9.79. The Kier molecular flexibility index (Phi) is 6.93. The summed E-state index contributed by atoms with van der Waals surface area (Å²) in [5.74, 6) is -0.644. The highest BCUT2D eigenvalue weighted by Crippen LogP contribution is 2.37. The molecule has 3 amide bonds. The predicted octanol–water partition coefficient (Wildman–Crippen LogP) is 2.51. The number of carboxylic acid groups (broad SMARTS) is 1. The van der Waals surface area contributed by atoms with E-state index in [0.717, 1.165) is 5.69 Å². The van der Waals surface area contributed by atoms with E-state index >= 15 is 0 Å². The Morgan fingerprint density at radius 2 is 1.82 bits per heavy atom. The number of imidazole rings is 1. The third-order valence-corrected chi connectivity index (χ3v) is 8.78. The van der Waals surface area contributed by atoms with Gasteiger partial charge in [0.05, 0.1) is 40.1 Å². The molecule has 3 aliphatic heterocycles. The molecule has 0 unspecified atom stereocenters. The van der Waals surface area contributed by atoms with Gasteiger partial charge in [-0.2, -0.15) is 0 Å². The zero-order valence-corrected chi connectivity index (χ0v) is 23.5. The minimum atomic E-state index is -1.01. The van der Waals surface area contributed by atoms with Crippen molar-refractivity contribution in [1.82, 2.24) is 19.4 Å². The first kappa shape index (κ1) is 27.5. The third-order valence-electron chi connectivity index (χ3n) is 8.36. The third kappa shape index (κ3) is 4.89. The molecule has 11 nitrogen and oxygen atoms in total. The number of likely N-dealkylation sites (tertiary alicyclic amines) is 1. The second-order valence-corrected chi connectivity index (χ2v) is 11.7. The van der Waals surface area contributed by atoms with Crippen LogP contribution in [0.5, 0.6) is 0 Å². The van der Waals surface area contributed by atoms with E-state index < -0.39 is 30.3 Å². The minimum absolute atomic E-state index is 0.0765. The lowest BCUT2D eigenvalue weighted by Gasteiger charge is -2.32. The number of nitrogens with one attached hydrogen (secondary N) is 1.